The third-order valence-electron chi connectivity index (χ3n) is 5.00. The quantitative estimate of drug-likeness (QED) is 0.820. The third kappa shape index (κ3) is 2.75. The largest absolute Gasteiger partial charge is 0.345 e. The second-order valence-corrected chi connectivity index (χ2v) is 7.28. The molecule has 0 aromatic carbocycles. The maximum Gasteiger partial charge on any atom is 0.345 e. The maximum absolute atomic E-state index is 12.9. The third-order valence-corrected chi connectivity index (χ3v) is 5.00. The second-order valence-electron chi connectivity index (χ2n) is 7.28. The van der Waals surface area contributed by atoms with Crippen molar-refractivity contribution < 1.29 is 4.79 Å². The van der Waals surface area contributed by atoms with Crippen LogP contribution in [0.3, 0.4) is 0 Å². The van der Waals surface area contributed by atoms with E-state index in [0.29, 0.717) is 31.1 Å². The Bertz CT molecular complexity index is 841. The average Bonchev–Trinajstić information content (AvgIpc) is 3.04. The van der Waals surface area contributed by atoms with Crippen LogP contribution in [0.15, 0.2) is 23.4 Å². The number of carbonyl (C=O) groups excluding carboxylic acids is 1. The highest BCUT2D eigenvalue weighted by Gasteiger charge is 2.41. The van der Waals surface area contributed by atoms with Crippen LogP contribution in [-0.4, -0.2) is 47.2 Å². The van der Waals surface area contributed by atoms with E-state index in [4.69, 9.17) is 0 Å². The lowest BCUT2D eigenvalue weighted by atomic mass is 10.1. The normalized spacial score (nSPS) is 22.1. The summed E-state index contributed by atoms with van der Waals surface area (Å²) in [4.78, 5) is 35.4. The zero-order valence-corrected chi connectivity index (χ0v) is 14.5. The predicted octanol–water partition coefficient (Wildman–Crippen LogP) is 0.720. The van der Waals surface area contributed by atoms with Crippen molar-refractivity contribution in [2.45, 2.75) is 58.3 Å². The van der Waals surface area contributed by atoms with Gasteiger partial charge >= 0.3 is 5.69 Å². The molecule has 2 aliphatic rings. The summed E-state index contributed by atoms with van der Waals surface area (Å²) in [5.41, 5.74) is 0.342. The number of aromatic nitrogens is 5. The maximum atomic E-state index is 12.9. The lowest BCUT2D eigenvalue weighted by Gasteiger charge is -2.27. The summed E-state index contributed by atoms with van der Waals surface area (Å²) in [7, 11) is 0. The van der Waals surface area contributed by atoms with Gasteiger partial charge in [0.25, 0.3) is 5.91 Å². The molecule has 0 spiro atoms. The fourth-order valence-corrected chi connectivity index (χ4v) is 3.93. The number of nitrogens with zero attached hydrogens (tertiary/aromatic N) is 6. The summed E-state index contributed by atoms with van der Waals surface area (Å²) >= 11 is 0. The standard InChI is InChI=1S/C17H22N6O2/c1-11(2)8-22-17(25)21-9-13-4-3-12(7-15(21)20-22)23(13)16(24)14-5-6-18-10-19-14/h5-6,10-13H,3-4,7-9H2,1-2H3/t12-,13+/m0/s1. The molecule has 2 aromatic rings. The Balaban J connectivity index is 1.64. The first-order valence-corrected chi connectivity index (χ1v) is 8.79. The van der Waals surface area contributed by atoms with Gasteiger partial charge in [-0.2, -0.15) is 5.10 Å². The van der Waals surface area contributed by atoms with Crippen LogP contribution in [0.2, 0.25) is 0 Å². The molecule has 0 N–H and O–H groups in total. The van der Waals surface area contributed by atoms with Crippen LogP contribution in [0.1, 0.15) is 43.0 Å². The van der Waals surface area contributed by atoms with E-state index in [1.165, 1.54) is 6.33 Å². The Morgan fingerprint density at radius 3 is 2.84 bits per heavy atom. The van der Waals surface area contributed by atoms with E-state index in [2.05, 4.69) is 28.9 Å². The molecule has 2 aromatic heterocycles. The molecule has 2 atom stereocenters. The van der Waals surface area contributed by atoms with E-state index in [1.54, 1.807) is 21.5 Å². The van der Waals surface area contributed by atoms with Gasteiger partial charge < -0.3 is 4.90 Å². The van der Waals surface area contributed by atoms with Crippen molar-refractivity contribution in [3.05, 3.63) is 40.6 Å². The molecule has 1 amide bonds. The molecule has 0 unspecified atom stereocenters. The summed E-state index contributed by atoms with van der Waals surface area (Å²) in [5, 5.41) is 4.54. The van der Waals surface area contributed by atoms with E-state index < -0.39 is 0 Å². The first-order chi connectivity index (χ1) is 12.0. The molecular formula is C17H22N6O2. The fraction of sp³-hybridized carbons (Fsp3) is 0.588. The van der Waals surface area contributed by atoms with Gasteiger partial charge in [-0.15, -0.1) is 0 Å². The molecular weight excluding hydrogens is 320 g/mol. The van der Waals surface area contributed by atoms with Crippen LogP contribution >= 0.6 is 0 Å². The Kier molecular flexibility index (Phi) is 3.89. The molecule has 0 radical (unpaired) electrons. The number of hydrogen-bond acceptors (Lipinski definition) is 5. The summed E-state index contributed by atoms with van der Waals surface area (Å²) < 4.78 is 3.33. The highest BCUT2D eigenvalue weighted by molar-refractivity contribution is 5.92. The number of carbonyl (C=O) groups is 1. The minimum absolute atomic E-state index is 0.0168. The zero-order valence-electron chi connectivity index (χ0n) is 14.5. The van der Waals surface area contributed by atoms with Gasteiger partial charge in [-0.3, -0.25) is 9.36 Å². The van der Waals surface area contributed by atoms with Crippen molar-refractivity contribution in [3.8, 4) is 0 Å². The summed E-state index contributed by atoms with van der Waals surface area (Å²) in [6.07, 6.45) is 5.43. The van der Waals surface area contributed by atoms with Crippen molar-refractivity contribution in [2.75, 3.05) is 0 Å². The van der Waals surface area contributed by atoms with E-state index in [-0.39, 0.29) is 23.7 Å². The van der Waals surface area contributed by atoms with E-state index in [1.807, 2.05) is 4.90 Å². The van der Waals surface area contributed by atoms with Gasteiger partial charge in [0.15, 0.2) is 0 Å². The van der Waals surface area contributed by atoms with E-state index in [9.17, 15) is 9.59 Å². The van der Waals surface area contributed by atoms with Gasteiger partial charge in [0.1, 0.15) is 17.8 Å². The molecule has 0 saturated carbocycles. The second kappa shape index (κ2) is 6.09. The van der Waals surface area contributed by atoms with Crippen molar-refractivity contribution in [1.29, 1.82) is 0 Å². The van der Waals surface area contributed by atoms with Crippen molar-refractivity contribution in [1.82, 2.24) is 29.2 Å². The number of hydrogen-bond donors (Lipinski definition) is 0. The monoisotopic (exact) mass is 342 g/mol. The highest BCUT2D eigenvalue weighted by Crippen LogP contribution is 2.31. The number of fused-ring (bicyclic) bond motifs is 3. The molecule has 132 valence electrons. The van der Waals surface area contributed by atoms with Crippen LogP contribution in [0.5, 0.6) is 0 Å². The molecule has 1 fully saturated rings. The number of amides is 1. The SMILES string of the molecule is CC(C)Cn1nc2n(c1=O)C[C@H]1CC[C@@H](C2)N1C(=O)c1ccncn1. The number of rotatable bonds is 3. The molecule has 4 heterocycles. The van der Waals surface area contributed by atoms with Crippen molar-refractivity contribution in [3.63, 3.8) is 0 Å². The summed E-state index contributed by atoms with van der Waals surface area (Å²) in [5.74, 6) is 1.07. The van der Waals surface area contributed by atoms with Crippen LogP contribution in [0, 0.1) is 5.92 Å². The minimum Gasteiger partial charge on any atom is -0.329 e. The first kappa shape index (κ1) is 16.0. The Morgan fingerprint density at radius 1 is 1.32 bits per heavy atom. The lowest BCUT2D eigenvalue weighted by Crippen LogP contribution is -2.43. The van der Waals surface area contributed by atoms with Crippen LogP contribution in [-0.2, 0) is 19.5 Å². The van der Waals surface area contributed by atoms with Gasteiger partial charge in [-0.1, -0.05) is 13.8 Å². The molecule has 0 aliphatic carbocycles. The molecule has 25 heavy (non-hydrogen) atoms. The Labute approximate surface area is 145 Å². The Morgan fingerprint density at radius 2 is 2.12 bits per heavy atom. The van der Waals surface area contributed by atoms with Gasteiger partial charge in [0, 0.05) is 31.7 Å². The minimum atomic E-state index is -0.0804. The molecule has 2 aliphatic heterocycles. The molecule has 2 bridgehead atoms. The van der Waals surface area contributed by atoms with Gasteiger partial charge in [0.05, 0.1) is 6.04 Å². The zero-order chi connectivity index (χ0) is 17.6. The smallest absolute Gasteiger partial charge is 0.329 e. The van der Waals surface area contributed by atoms with Gasteiger partial charge in [0.2, 0.25) is 0 Å². The predicted molar refractivity (Wildman–Crippen MR) is 90.0 cm³/mol. The van der Waals surface area contributed by atoms with Gasteiger partial charge in [-0.25, -0.2) is 19.4 Å². The fourth-order valence-electron chi connectivity index (χ4n) is 3.93. The molecule has 1 saturated heterocycles. The Hall–Kier alpha value is -2.51. The molecule has 8 heteroatoms. The van der Waals surface area contributed by atoms with E-state index >= 15 is 0 Å². The van der Waals surface area contributed by atoms with Crippen LogP contribution in [0.25, 0.3) is 0 Å². The summed E-state index contributed by atoms with van der Waals surface area (Å²) in [6.45, 7) is 5.28. The highest BCUT2D eigenvalue weighted by atomic mass is 16.2. The van der Waals surface area contributed by atoms with Gasteiger partial charge in [-0.05, 0) is 24.8 Å². The van der Waals surface area contributed by atoms with Crippen molar-refractivity contribution >= 4 is 5.91 Å². The van der Waals surface area contributed by atoms with E-state index in [0.717, 1.165) is 18.7 Å². The van der Waals surface area contributed by atoms with Crippen molar-refractivity contribution in [2.24, 2.45) is 5.92 Å². The topological polar surface area (TPSA) is 85.9 Å². The molecule has 8 nitrogen and oxygen atoms in total. The average molecular weight is 342 g/mol. The summed E-state index contributed by atoms with van der Waals surface area (Å²) in [6, 6.07) is 1.73. The van der Waals surface area contributed by atoms with Crippen LogP contribution < -0.4 is 5.69 Å². The lowest BCUT2D eigenvalue weighted by molar-refractivity contribution is 0.0658. The molecule has 4 rings (SSSR count). The van der Waals surface area contributed by atoms with Crippen LogP contribution in [0.4, 0.5) is 0 Å². The first-order valence-electron chi connectivity index (χ1n) is 8.79.